The zero-order valence-electron chi connectivity index (χ0n) is 16.8. The smallest absolute Gasteiger partial charge is 0.290 e. The van der Waals surface area contributed by atoms with Gasteiger partial charge in [-0.3, -0.25) is 4.79 Å². The molecule has 0 radical (unpaired) electrons. The number of aliphatic hydroxyl groups excluding tert-OH is 4. The number of hydrogen-bond acceptors (Lipinski definition) is 6. The molecule has 1 rings (SSSR count). The molecule has 0 aromatic heterocycles. The van der Waals surface area contributed by atoms with Gasteiger partial charge in [0.1, 0.15) is 0 Å². The minimum atomic E-state index is -0.930. The molecular formula is C20H41NO6. The van der Waals surface area contributed by atoms with Gasteiger partial charge in [0.25, 0.3) is 6.47 Å². The highest BCUT2D eigenvalue weighted by molar-refractivity contribution is 5.32. The van der Waals surface area contributed by atoms with Gasteiger partial charge >= 0.3 is 0 Å². The molecule has 1 heterocycles. The van der Waals surface area contributed by atoms with Crippen molar-refractivity contribution in [3.05, 3.63) is 0 Å². The zero-order valence-corrected chi connectivity index (χ0v) is 16.8. The number of piperidine rings is 1. The maximum absolute atomic E-state index is 10.2. The molecule has 0 bridgehead atoms. The Labute approximate surface area is 163 Å². The molecule has 0 aromatic carbocycles. The molecule has 7 heteroatoms. The van der Waals surface area contributed by atoms with Gasteiger partial charge in [-0.2, -0.15) is 0 Å². The van der Waals surface area contributed by atoms with E-state index < -0.39 is 18.2 Å². The van der Waals surface area contributed by atoms with E-state index in [0.717, 1.165) is 12.8 Å². The molecule has 7 nitrogen and oxygen atoms in total. The fourth-order valence-electron chi connectivity index (χ4n) is 3.63. The van der Waals surface area contributed by atoms with E-state index in [4.69, 9.17) is 9.90 Å². The molecule has 1 saturated heterocycles. The second-order valence-electron chi connectivity index (χ2n) is 7.56. The van der Waals surface area contributed by atoms with E-state index in [-0.39, 0.29) is 25.2 Å². The molecule has 0 aromatic rings. The van der Waals surface area contributed by atoms with Gasteiger partial charge in [0.2, 0.25) is 0 Å². The summed E-state index contributed by atoms with van der Waals surface area (Å²) >= 11 is 0. The molecule has 0 aliphatic carbocycles. The van der Waals surface area contributed by atoms with Gasteiger partial charge in [0.05, 0.1) is 31.0 Å². The lowest BCUT2D eigenvalue weighted by atomic mass is 9.89. The number of nitrogens with one attached hydrogen (secondary N) is 1. The van der Waals surface area contributed by atoms with Crippen molar-refractivity contribution in [2.24, 2.45) is 0 Å². The van der Waals surface area contributed by atoms with Crippen LogP contribution in [0.5, 0.6) is 0 Å². The lowest BCUT2D eigenvalue weighted by Crippen LogP contribution is -2.59. The summed E-state index contributed by atoms with van der Waals surface area (Å²) in [5, 5.41) is 49.0. The van der Waals surface area contributed by atoms with Crippen LogP contribution in [0, 0.1) is 0 Å². The van der Waals surface area contributed by atoms with E-state index in [1.54, 1.807) is 0 Å². The molecule has 1 fully saturated rings. The molecule has 1 aliphatic rings. The van der Waals surface area contributed by atoms with Crippen LogP contribution in [-0.2, 0) is 4.79 Å². The SMILES string of the molecule is CCCCCCCCCCC[C@H](O)C[C@@H]1C[C@@H](O)[C@H](O)[C@H](CO)N1.O=CO. The predicted molar refractivity (Wildman–Crippen MR) is 106 cm³/mol. The van der Waals surface area contributed by atoms with E-state index in [0.29, 0.717) is 12.8 Å². The van der Waals surface area contributed by atoms with Crippen molar-refractivity contribution >= 4 is 6.47 Å². The normalized spacial score (nSPS) is 26.1. The van der Waals surface area contributed by atoms with Gasteiger partial charge in [-0.25, -0.2) is 0 Å². The van der Waals surface area contributed by atoms with Crippen molar-refractivity contribution in [3.63, 3.8) is 0 Å². The molecule has 27 heavy (non-hydrogen) atoms. The number of hydrogen-bond donors (Lipinski definition) is 6. The van der Waals surface area contributed by atoms with Gasteiger partial charge in [0.15, 0.2) is 0 Å². The molecule has 5 atom stereocenters. The first kappa shape index (κ1) is 26.3. The Balaban J connectivity index is 0.00000210. The van der Waals surface area contributed by atoms with Crippen LogP contribution in [-0.4, -0.2) is 69.0 Å². The Kier molecular flexibility index (Phi) is 16.9. The Morgan fingerprint density at radius 1 is 1.04 bits per heavy atom. The van der Waals surface area contributed by atoms with Crippen molar-refractivity contribution in [3.8, 4) is 0 Å². The third-order valence-corrected chi connectivity index (χ3v) is 5.18. The maximum Gasteiger partial charge on any atom is 0.290 e. The standard InChI is InChI=1S/C19H39NO4.CH2O2/c1-2-3-4-5-6-7-8-9-10-11-16(22)12-15-13-18(23)19(24)17(14-21)20-15;2-1-3/h15-24H,2-14H2,1H3;1H,(H,2,3)/t15-,16+,17+,18-,19-;/m1./s1. The first-order valence-corrected chi connectivity index (χ1v) is 10.5. The first-order chi connectivity index (χ1) is 13.0. The van der Waals surface area contributed by atoms with Crippen LogP contribution in [0.2, 0.25) is 0 Å². The van der Waals surface area contributed by atoms with Crippen LogP contribution >= 0.6 is 0 Å². The summed E-state index contributed by atoms with van der Waals surface area (Å²) in [4.78, 5) is 8.36. The van der Waals surface area contributed by atoms with Crippen LogP contribution < -0.4 is 5.32 Å². The monoisotopic (exact) mass is 391 g/mol. The van der Waals surface area contributed by atoms with Crippen molar-refractivity contribution in [1.82, 2.24) is 5.32 Å². The minimum Gasteiger partial charge on any atom is -0.483 e. The molecule has 0 saturated carbocycles. The zero-order chi connectivity index (χ0) is 20.5. The Hall–Kier alpha value is -0.730. The fraction of sp³-hybridized carbons (Fsp3) is 0.950. The topological polar surface area (TPSA) is 130 Å². The van der Waals surface area contributed by atoms with E-state index in [1.807, 2.05) is 0 Å². The third-order valence-electron chi connectivity index (χ3n) is 5.18. The molecule has 6 N–H and O–H groups in total. The quantitative estimate of drug-likeness (QED) is 0.208. The average molecular weight is 392 g/mol. The van der Waals surface area contributed by atoms with Crippen molar-refractivity contribution in [2.45, 2.75) is 114 Å². The Morgan fingerprint density at radius 3 is 2.07 bits per heavy atom. The van der Waals surface area contributed by atoms with Gasteiger partial charge in [-0.15, -0.1) is 0 Å². The summed E-state index contributed by atoms with van der Waals surface area (Å²) < 4.78 is 0. The predicted octanol–water partition coefficient (Wildman–Crippen LogP) is 1.80. The maximum atomic E-state index is 10.2. The number of rotatable bonds is 13. The number of carboxylic acid groups (broad SMARTS) is 1. The molecule has 162 valence electrons. The number of unbranched alkanes of at least 4 members (excludes halogenated alkanes) is 8. The molecule has 0 amide bonds. The minimum absolute atomic E-state index is 0.0471. The highest BCUT2D eigenvalue weighted by atomic mass is 16.3. The van der Waals surface area contributed by atoms with Crippen LogP contribution in [0.15, 0.2) is 0 Å². The summed E-state index contributed by atoms with van der Waals surface area (Å²) in [6, 6.07) is -0.548. The Bertz CT molecular complexity index is 344. The molecule has 0 spiro atoms. The first-order valence-electron chi connectivity index (χ1n) is 10.5. The summed E-state index contributed by atoms with van der Waals surface area (Å²) in [5.41, 5.74) is 0. The summed E-state index contributed by atoms with van der Waals surface area (Å²) in [6.07, 6.45) is 11.1. The van der Waals surface area contributed by atoms with Crippen LogP contribution in [0.3, 0.4) is 0 Å². The van der Waals surface area contributed by atoms with E-state index in [1.165, 1.54) is 51.4 Å². The number of carbonyl (C=O) groups is 1. The number of aliphatic hydroxyl groups is 4. The second kappa shape index (κ2) is 17.4. The Morgan fingerprint density at radius 2 is 1.56 bits per heavy atom. The van der Waals surface area contributed by atoms with E-state index in [2.05, 4.69) is 12.2 Å². The van der Waals surface area contributed by atoms with Gasteiger partial charge in [-0.1, -0.05) is 64.7 Å². The van der Waals surface area contributed by atoms with Crippen LogP contribution in [0.1, 0.15) is 84.0 Å². The van der Waals surface area contributed by atoms with Crippen molar-refractivity contribution in [2.75, 3.05) is 6.61 Å². The summed E-state index contributed by atoms with van der Waals surface area (Å²) in [7, 11) is 0. The van der Waals surface area contributed by atoms with E-state index >= 15 is 0 Å². The molecule has 0 unspecified atom stereocenters. The third kappa shape index (κ3) is 13.1. The second-order valence-corrected chi connectivity index (χ2v) is 7.56. The van der Waals surface area contributed by atoms with Crippen molar-refractivity contribution < 1.29 is 30.3 Å². The average Bonchev–Trinajstić information content (AvgIpc) is 2.63. The summed E-state index contributed by atoms with van der Waals surface area (Å²) in [6.45, 7) is 1.78. The highest BCUT2D eigenvalue weighted by Gasteiger charge is 2.35. The molecule has 1 aliphatic heterocycles. The van der Waals surface area contributed by atoms with Crippen LogP contribution in [0.25, 0.3) is 0 Å². The van der Waals surface area contributed by atoms with Crippen molar-refractivity contribution in [1.29, 1.82) is 0 Å². The summed E-state index contributed by atoms with van der Waals surface area (Å²) in [5.74, 6) is 0. The van der Waals surface area contributed by atoms with Gasteiger partial charge in [0, 0.05) is 6.04 Å². The lowest BCUT2D eigenvalue weighted by molar-refractivity contribution is -0.122. The largest absolute Gasteiger partial charge is 0.483 e. The fourth-order valence-corrected chi connectivity index (χ4v) is 3.63. The lowest BCUT2D eigenvalue weighted by Gasteiger charge is -2.38. The molecular weight excluding hydrogens is 350 g/mol. The van der Waals surface area contributed by atoms with E-state index in [9.17, 15) is 20.4 Å². The van der Waals surface area contributed by atoms with Gasteiger partial charge < -0.3 is 30.8 Å². The van der Waals surface area contributed by atoms with Crippen LogP contribution in [0.4, 0.5) is 0 Å². The highest BCUT2D eigenvalue weighted by Crippen LogP contribution is 2.20. The van der Waals surface area contributed by atoms with Gasteiger partial charge in [-0.05, 0) is 19.3 Å².